The van der Waals surface area contributed by atoms with Crippen LogP contribution in [-0.4, -0.2) is 25.8 Å². The van der Waals surface area contributed by atoms with E-state index in [0.29, 0.717) is 6.04 Å². The maximum Gasteiger partial charge on any atom is 0.181 e. The molecule has 0 radical (unpaired) electrons. The third-order valence-electron chi connectivity index (χ3n) is 4.23. The average molecular weight is 293 g/mol. The fourth-order valence-electron chi connectivity index (χ4n) is 3.10. The zero-order valence-electron chi connectivity index (χ0n) is 12.4. The molecule has 4 rings (SSSR count). The minimum atomic E-state index is 0.532. The van der Waals surface area contributed by atoms with E-state index >= 15 is 0 Å². The van der Waals surface area contributed by atoms with E-state index in [9.17, 15) is 0 Å². The molecule has 1 aromatic carbocycles. The summed E-state index contributed by atoms with van der Waals surface area (Å²) in [4.78, 5) is 9.22. The normalized spacial score (nSPS) is 16.0. The van der Waals surface area contributed by atoms with Crippen LogP contribution in [0.3, 0.4) is 0 Å². The van der Waals surface area contributed by atoms with Crippen molar-refractivity contribution in [2.24, 2.45) is 0 Å². The van der Waals surface area contributed by atoms with Crippen molar-refractivity contribution < 1.29 is 0 Å². The zero-order valence-corrected chi connectivity index (χ0v) is 12.4. The van der Waals surface area contributed by atoms with Gasteiger partial charge >= 0.3 is 0 Å². The predicted molar refractivity (Wildman–Crippen MR) is 87.2 cm³/mol. The Labute approximate surface area is 129 Å². The van der Waals surface area contributed by atoms with Gasteiger partial charge < -0.3 is 5.32 Å². The van der Waals surface area contributed by atoms with Crippen LogP contribution < -0.4 is 5.32 Å². The molecule has 0 atom stereocenters. The molecule has 5 heteroatoms. The van der Waals surface area contributed by atoms with E-state index in [1.807, 2.05) is 41.2 Å². The van der Waals surface area contributed by atoms with Crippen molar-refractivity contribution in [1.29, 1.82) is 0 Å². The van der Waals surface area contributed by atoms with Gasteiger partial charge in [-0.25, -0.2) is 14.6 Å². The third kappa shape index (κ3) is 2.54. The summed E-state index contributed by atoms with van der Waals surface area (Å²) < 4.78 is 1.83. The molecular weight excluding hydrogens is 274 g/mol. The van der Waals surface area contributed by atoms with Crippen LogP contribution in [0.5, 0.6) is 0 Å². The van der Waals surface area contributed by atoms with Crippen molar-refractivity contribution in [3.8, 4) is 5.69 Å². The van der Waals surface area contributed by atoms with Crippen LogP contribution in [0.4, 0.5) is 5.82 Å². The number of anilines is 1. The van der Waals surface area contributed by atoms with Gasteiger partial charge in [-0.2, -0.15) is 5.10 Å². The number of hydrogen-bond acceptors (Lipinski definition) is 4. The molecule has 5 nitrogen and oxygen atoms in total. The van der Waals surface area contributed by atoms with Crippen LogP contribution in [-0.2, 0) is 0 Å². The first-order valence-electron chi connectivity index (χ1n) is 7.93. The van der Waals surface area contributed by atoms with Crippen LogP contribution >= 0.6 is 0 Å². The number of hydrogen-bond donors (Lipinski definition) is 1. The molecule has 2 aromatic heterocycles. The Morgan fingerprint density at radius 1 is 1.00 bits per heavy atom. The molecular formula is C17H19N5. The standard InChI is InChI=1S/C17H19N5/c1-3-7-13(8-4-1)20-16-12-18-17-15(21-16)11-19-22(17)14-9-5-2-6-10-14/h2,5-6,9-13H,1,3-4,7-8H2,(H,20,21). The minimum Gasteiger partial charge on any atom is -0.366 e. The van der Waals surface area contributed by atoms with Crippen LogP contribution in [0.2, 0.25) is 0 Å². The highest BCUT2D eigenvalue weighted by Crippen LogP contribution is 2.22. The van der Waals surface area contributed by atoms with E-state index in [1.165, 1.54) is 32.1 Å². The van der Waals surface area contributed by atoms with E-state index in [2.05, 4.69) is 20.4 Å². The van der Waals surface area contributed by atoms with Crippen molar-refractivity contribution in [2.45, 2.75) is 38.1 Å². The third-order valence-corrected chi connectivity index (χ3v) is 4.23. The van der Waals surface area contributed by atoms with Gasteiger partial charge in [0, 0.05) is 6.04 Å². The van der Waals surface area contributed by atoms with Gasteiger partial charge in [-0.3, -0.25) is 0 Å². The highest BCUT2D eigenvalue weighted by atomic mass is 15.3. The van der Waals surface area contributed by atoms with Crippen LogP contribution in [0, 0.1) is 0 Å². The quantitative estimate of drug-likeness (QED) is 0.802. The van der Waals surface area contributed by atoms with E-state index in [-0.39, 0.29) is 0 Å². The van der Waals surface area contributed by atoms with Crippen molar-refractivity contribution in [1.82, 2.24) is 19.7 Å². The molecule has 0 saturated heterocycles. The van der Waals surface area contributed by atoms with Gasteiger partial charge in [0.15, 0.2) is 5.65 Å². The molecule has 1 aliphatic rings. The van der Waals surface area contributed by atoms with Gasteiger partial charge in [-0.15, -0.1) is 0 Å². The highest BCUT2D eigenvalue weighted by Gasteiger charge is 2.14. The molecule has 0 amide bonds. The number of nitrogens with zero attached hydrogens (tertiary/aromatic N) is 4. The topological polar surface area (TPSA) is 55.6 Å². The first kappa shape index (κ1) is 13.2. The first-order valence-corrected chi connectivity index (χ1v) is 7.93. The number of fused-ring (bicyclic) bond motifs is 1. The Bertz CT molecular complexity index is 759. The maximum atomic E-state index is 4.66. The van der Waals surface area contributed by atoms with Crippen LogP contribution in [0.25, 0.3) is 16.9 Å². The molecule has 0 unspecified atom stereocenters. The van der Waals surface area contributed by atoms with E-state index in [0.717, 1.165) is 22.7 Å². The summed E-state index contributed by atoms with van der Waals surface area (Å²) in [6.07, 6.45) is 10.0. The Morgan fingerprint density at radius 2 is 1.82 bits per heavy atom. The highest BCUT2D eigenvalue weighted by molar-refractivity contribution is 5.73. The molecule has 0 aliphatic heterocycles. The summed E-state index contributed by atoms with van der Waals surface area (Å²) >= 11 is 0. The SMILES string of the molecule is c1ccc(-n2ncc3nc(NC4CCCCC4)cnc32)cc1. The number of aromatic nitrogens is 4. The van der Waals surface area contributed by atoms with Gasteiger partial charge in [0.25, 0.3) is 0 Å². The molecule has 1 aliphatic carbocycles. The van der Waals surface area contributed by atoms with Crippen molar-refractivity contribution >= 4 is 17.0 Å². The molecule has 0 bridgehead atoms. The molecule has 0 spiro atoms. The molecule has 1 saturated carbocycles. The van der Waals surface area contributed by atoms with Crippen LogP contribution in [0.15, 0.2) is 42.7 Å². The van der Waals surface area contributed by atoms with Gasteiger partial charge in [0.1, 0.15) is 11.3 Å². The van der Waals surface area contributed by atoms with Gasteiger partial charge in [0.05, 0.1) is 18.1 Å². The number of para-hydroxylation sites is 1. The lowest BCUT2D eigenvalue weighted by molar-refractivity contribution is 0.462. The van der Waals surface area contributed by atoms with Gasteiger partial charge in [0.2, 0.25) is 0 Å². The van der Waals surface area contributed by atoms with Crippen molar-refractivity contribution in [2.75, 3.05) is 5.32 Å². The van der Waals surface area contributed by atoms with E-state index < -0.39 is 0 Å². The van der Waals surface area contributed by atoms with Crippen molar-refractivity contribution in [3.63, 3.8) is 0 Å². The number of rotatable bonds is 3. The summed E-state index contributed by atoms with van der Waals surface area (Å²) in [5, 5.41) is 7.93. The van der Waals surface area contributed by atoms with Crippen LogP contribution in [0.1, 0.15) is 32.1 Å². The molecule has 22 heavy (non-hydrogen) atoms. The number of nitrogens with one attached hydrogen (secondary N) is 1. The molecule has 112 valence electrons. The summed E-state index contributed by atoms with van der Waals surface area (Å²) in [6, 6.07) is 10.5. The molecule has 3 aromatic rings. The van der Waals surface area contributed by atoms with Crippen molar-refractivity contribution in [3.05, 3.63) is 42.7 Å². The molecule has 1 N–H and O–H groups in total. The Hall–Kier alpha value is -2.43. The second-order valence-electron chi connectivity index (χ2n) is 5.84. The second-order valence-corrected chi connectivity index (χ2v) is 5.84. The lowest BCUT2D eigenvalue weighted by atomic mass is 9.96. The van der Waals surface area contributed by atoms with Gasteiger partial charge in [-0.1, -0.05) is 37.5 Å². The predicted octanol–water partition coefficient (Wildman–Crippen LogP) is 3.56. The average Bonchev–Trinajstić information content (AvgIpc) is 3.00. The summed E-state index contributed by atoms with van der Waals surface area (Å²) in [5.41, 5.74) is 2.62. The summed E-state index contributed by atoms with van der Waals surface area (Å²) in [6.45, 7) is 0. The van der Waals surface area contributed by atoms with E-state index in [4.69, 9.17) is 0 Å². The lowest BCUT2D eigenvalue weighted by Gasteiger charge is -2.22. The first-order chi connectivity index (χ1) is 10.9. The van der Waals surface area contributed by atoms with Gasteiger partial charge in [-0.05, 0) is 25.0 Å². The zero-order chi connectivity index (χ0) is 14.8. The fourth-order valence-corrected chi connectivity index (χ4v) is 3.10. The van der Waals surface area contributed by atoms with E-state index in [1.54, 1.807) is 6.20 Å². The smallest absolute Gasteiger partial charge is 0.181 e. The Balaban J connectivity index is 1.62. The Morgan fingerprint density at radius 3 is 2.64 bits per heavy atom. The fraction of sp³-hybridized carbons (Fsp3) is 0.353. The minimum absolute atomic E-state index is 0.532. The Kier molecular flexibility index (Phi) is 3.46. The number of benzene rings is 1. The second kappa shape index (κ2) is 5.75. The largest absolute Gasteiger partial charge is 0.366 e. The molecule has 1 fully saturated rings. The summed E-state index contributed by atoms with van der Waals surface area (Å²) in [5.74, 6) is 0.854. The maximum absolute atomic E-state index is 4.66. The molecule has 2 heterocycles. The lowest BCUT2D eigenvalue weighted by Crippen LogP contribution is -2.22. The summed E-state index contributed by atoms with van der Waals surface area (Å²) in [7, 11) is 0. The monoisotopic (exact) mass is 293 g/mol.